The number of hydrogen-bond acceptors (Lipinski definition) is 2. The summed E-state index contributed by atoms with van der Waals surface area (Å²) in [6, 6.07) is 6.05. The zero-order valence-electron chi connectivity index (χ0n) is 13.0. The van der Waals surface area contributed by atoms with E-state index < -0.39 is 0 Å². The van der Waals surface area contributed by atoms with E-state index in [0.717, 1.165) is 31.5 Å². The minimum Gasteiger partial charge on any atom is -0.385 e. The van der Waals surface area contributed by atoms with Crippen molar-refractivity contribution < 1.29 is 4.79 Å². The van der Waals surface area contributed by atoms with Gasteiger partial charge in [0.05, 0.1) is 0 Å². The molecule has 0 radical (unpaired) electrons. The number of carbonyl (C=O) groups is 1. The van der Waals surface area contributed by atoms with E-state index in [4.69, 9.17) is 0 Å². The first-order valence-corrected chi connectivity index (χ1v) is 8.37. The van der Waals surface area contributed by atoms with Crippen LogP contribution in [0.15, 0.2) is 18.2 Å². The number of benzene rings is 1. The fourth-order valence-corrected chi connectivity index (χ4v) is 3.77. The SMILES string of the molecule is CCC1(CNC(=O)c2ccc3c(c2)CCCN3)CCCC1. The quantitative estimate of drug-likeness (QED) is 0.885. The summed E-state index contributed by atoms with van der Waals surface area (Å²) in [5.41, 5.74) is 3.63. The summed E-state index contributed by atoms with van der Waals surface area (Å²) < 4.78 is 0. The maximum Gasteiger partial charge on any atom is 0.251 e. The van der Waals surface area contributed by atoms with Gasteiger partial charge in [0.25, 0.3) is 5.91 Å². The summed E-state index contributed by atoms with van der Waals surface area (Å²) in [4.78, 5) is 12.4. The number of aryl methyl sites for hydroxylation is 1. The van der Waals surface area contributed by atoms with Crippen LogP contribution in [0.1, 0.15) is 61.4 Å². The van der Waals surface area contributed by atoms with Crippen molar-refractivity contribution in [2.45, 2.75) is 51.9 Å². The van der Waals surface area contributed by atoms with Crippen molar-refractivity contribution >= 4 is 11.6 Å². The number of fused-ring (bicyclic) bond motifs is 1. The van der Waals surface area contributed by atoms with E-state index in [-0.39, 0.29) is 5.91 Å². The summed E-state index contributed by atoms with van der Waals surface area (Å²) in [6.07, 6.45) is 8.54. The largest absolute Gasteiger partial charge is 0.385 e. The summed E-state index contributed by atoms with van der Waals surface area (Å²) in [5.74, 6) is 0.0862. The van der Waals surface area contributed by atoms with Crippen LogP contribution in [0.5, 0.6) is 0 Å². The molecule has 2 N–H and O–H groups in total. The number of amides is 1. The normalized spacial score (nSPS) is 19.7. The molecule has 0 unspecified atom stereocenters. The van der Waals surface area contributed by atoms with E-state index >= 15 is 0 Å². The Morgan fingerprint density at radius 2 is 2.10 bits per heavy atom. The van der Waals surface area contributed by atoms with Gasteiger partial charge in [0.15, 0.2) is 0 Å². The Morgan fingerprint density at radius 3 is 2.86 bits per heavy atom. The van der Waals surface area contributed by atoms with Gasteiger partial charge in [0.2, 0.25) is 0 Å². The first-order chi connectivity index (χ1) is 10.2. The molecule has 1 aliphatic heterocycles. The standard InChI is InChI=1S/C18H26N2O/c1-2-18(9-3-4-10-18)13-20-17(21)15-7-8-16-14(12-15)6-5-11-19-16/h7-8,12,19H,2-6,9-11,13H2,1H3,(H,20,21). The van der Waals surface area contributed by atoms with E-state index in [0.29, 0.717) is 5.41 Å². The van der Waals surface area contributed by atoms with Crippen LogP contribution in [0.2, 0.25) is 0 Å². The lowest BCUT2D eigenvalue weighted by Gasteiger charge is -2.27. The summed E-state index contributed by atoms with van der Waals surface area (Å²) >= 11 is 0. The minimum atomic E-state index is 0.0862. The van der Waals surface area contributed by atoms with Crippen LogP contribution in [0.25, 0.3) is 0 Å². The van der Waals surface area contributed by atoms with Gasteiger partial charge in [0.1, 0.15) is 0 Å². The number of rotatable bonds is 4. The lowest BCUT2D eigenvalue weighted by atomic mass is 9.83. The Balaban J connectivity index is 1.65. The van der Waals surface area contributed by atoms with Crippen molar-refractivity contribution in [2.75, 3.05) is 18.4 Å². The molecule has 0 saturated heterocycles. The molecule has 21 heavy (non-hydrogen) atoms. The minimum absolute atomic E-state index is 0.0862. The second-order valence-electron chi connectivity index (χ2n) is 6.65. The van der Waals surface area contributed by atoms with Gasteiger partial charge >= 0.3 is 0 Å². The maximum atomic E-state index is 12.4. The van der Waals surface area contributed by atoms with Gasteiger partial charge in [-0.25, -0.2) is 0 Å². The van der Waals surface area contributed by atoms with Crippen LogP contribution in [0, 0.1) is 5.41 Å². The third-order valence-electron chi connectivity index (χ3n) is 5.34. The van der Waals surface area contributed by atoms with E-state index in [1.165, 1.54) is 43.4 Å². The van der Waals surface area contributed by atoms with Gasteiger partial charge in [-0.2, -0.15) is 0 Å². The Kier molecular flexibility index (Phi) is 4.18. The van der Waals surface area contributed by atoms with Gasteiger partial charge in [-0.1, -0.05) is 19.8 Å². The van der Waals surface area contributed by atoms with Crippen molar-refractivity contribution in [3.63, 3.8) is 0 Å². The van der Waals surface area contributed by atoms with Crippen molar-refractivity contribution in [3.05, 3.63) is 29.3 Å². The second kappa shape index (κ2) is 6.08. The predicted octanol–water partition coefficient (Wildman–Crippen LogP) is 3.74. The lowest BCUT2D eigenvalue weighted by molar-refractivity contribution is 0.0928. The van der Waals surface area contributed by atoms with E-state index in [1.807, 2.05) is 6.07 Å². The number of nitrogens with one attached hydrogen (secondary N) is 2. The molecule has 0 spiro atoms. The summed E-state index contributed by atoms with van der Waals surface area (Å²) in [6.45, 7) is 4.12. The Hall–Kier alpha value is -1.51. The smallest absolute Gasteiger partial charge is 0.251 e. The number of hydrogen-bond donors (Lipinski definition) is 2. The highest BCUT2D eigenvalue weighted by Crippen LogP contribution is 2.40. The van der Waals surface area contributed by atoms with Crippen LogP contribution in [-0.4, -0.2) is 19.0 Å². The molecule has 1 fully saturated rings. The van der Waals surface area contributed by atoms with Crippen molar-refractivity contribution in [2.24, 2.45) is 5.41 Å². The number of anilines is 1. The van der Waals surface area contributed by atoms with Crippen molar-refractivity contribution in [1.29, 1.82) is 0 Å². The van der Waals surface area contributed by atoms with Crippen LogP contribution in [0.4, 0.5) is 5.69 Å². The molecule has 114 valence electrons. The van der Waals surface area contributed by atoms with Crippen LogP contribution >= 0.6 is 0 Å². The molecule has 1 amide bonds. The first-order valence-electron chi connectivity index (χ1n) is 8.37. The fourth-order valence-electron chi connectivity index (χ4n) is 3.77. The molecule has 3 heteroatoms. The lowest BCUT2D eigenvalue weighted by Crippen LogP contribution is -2.35. The Bertz CT molecular complexity index is 518. The zero-order valence-corrected chi connectivity index (χ0v) is 13.0. The predicted molar refractivity (Wildman–Crippen MR) is 86.8 cm³/mol. The highest BCUT2D eigenvalue weighted by molar-refractivity contribution is 5.95. The molecule has 3 nitrogen and oxygen atoms in total. The molecule has 0 bridgehead atoms. The third kappa shape index (κ3) is 3.07. The van der Waals surface area contributed by atoms with Crippen molar-refractivity contribution in [1.82, 2.24) is 5.32 Å². The van der Waals surface area contributed by atoms with E-state index in [9.17, 15) is 4.79 Å². The molecule has 1 aliphatic carbocycles. The fraction of sp³-hybridized carbons (Fsp3) is 0.611. The molecule has 2 aliphatic rings. The summed E-state index contributed by atoms with van der Waals surface area (Å²) in [5, 5.41) is 6.57. The average Bonchev–Trinajstić information content (AvgIpc) is 3.01. The molecule has 1 aromatic rings. The summed E-state index contributed by atoms with van der Waals surface area (Å²) in [7, 11) is 0. The van der Waals surface area contributed by atoms with Gasteiger partial charge in [-0.05, 0) is 61.3 Å². The molecule has 0 aromatic heterocycles. The topological polar surface area (TPSA) is 41.1 Å². The maximum absolute atomic E-state index is 12.4. The molecule has 0 atom stereocenters. The highest BCUT2D eigenvalue weighted by Gasteiger charge is 2.32. The van der Waals surface area contributed by atoms with Gasteiger partial charge in [-0.15, -0.1) is 0 Å². The monoisotopic (exact) mass is 286 g/mol. The molecular formula is C18H26N2O. The first kappa shape index (κ1) is 14.4. The zero-order chi connectivity index (χ0) is 14.7. The Morgan fingerprint density at radius 1 is 1.29 bits per heavy atom. The molecule has 1 aromatic carbocycles. The highest BCUT2D eigenvalue weighted by atomic mass is 16.1. The van der Waals surface area contributed by atoms with Crippen molar-refractivity contribution in [3.8, 4) is 0 Å². The molecule has 3 rings (SSSR count). The van der Waals surface area contributed by atoms with E-state index in [2.05, 4.69) is 29.7 Å². The molecule has 1 saturated carbocycles. The van der Waals surface area contributed by atoms with Crippen LogP contribution in [0.3, 0.4) is 0 Å². The second-order valence-corrected chi connectivity index (χ2v) is 6.65. The van der Waals surface area contributed by atoms with E-state index in [1.54, 1.807) is 0 Å². The Labute approximate surface area is 127 Å². The van der Waals surface area contributed by atoms with Gasteiger partial charge in [0, 0.05) is 24.3 Å². The number of carbonyl (C=O) groups excluding carboxylic acids is 1. The average molecular weight is 286 g/mol. The van der Waals surface area contributed by atoms with Gasteiger partial charge in [-0.3, -0.25) is 4.79 Å². The molecular weight excluding hydrogens is 260 g/mol. The van der Waals surface area contributed by atoms with Crippen LogP contribution < -0.4 is 10.6 Å². The molecule has 1 heterocycles. The third-order valence-corrected chi connectivity index (χ3v) is 5.34. The van der Waals surface area contributed by atoms with Crippen LogP contribution in [-0.2, 0) is 6.42 Å². The van der Waals surface area contributed by atoms with Gasteiger partial charge < -0.3 is 10.6 Å².